The van der Waals surface area contributed by atoms with Crippen molar-refractivity contribution >= 4 is 17.8 Å². The van der Waals surface area contributed by atoms with E-state index < -0.39 is 11.9 Å². The number of carbonyl (C=O) groups excluding carboxylic acids is 2. The Labute approximate surface area is 206 Å². The molecule has 6 N–H and O–H groups in total. The van der Waals surface area contributed by atoms with E-state index in [4.69, 9.17) is 39.3 Å². The molecule has 0 saturated heterocycles. The first kappa shape index (κ1) is 33.1. The molecular weight excluding hydrogens is 468 g/mol. The van der Waals surface area contributed by atoms with E-state index in [2.05, 4.69) is 16.0 Å². The molecule has 0 aromatic carbocycles. The highest BCUT2D eigenvalue weighted by Crippen LogP contribution is 1.86. The minimum absolute atomic E-state index is 0.0459. The summed E-state index contributed by atoms with van der Waals surface area (Å²) in [6.45, 7) is 6.06. The third-order valence-electron chi connectivity index (χ3n) is 3.96. The van der Waals surface area contributed by atoms with Gasteiger partial charge in [-0.3, -0.25) is 19.7 Å². The molecule has 0 radical (unpaired) electrons. The molecule has 0 fully saturated rings. The van der Waals surface area contributed by atoms with Gasteiger partial charge in [-0.25, -0.2) is 0 Å². The largest absolute Gasteiger partial charge is 0.481 e. The van der Waals surface area contributed by atoms with Crippen LogP contribution in [0.5, 0.6) is 0 Å². The number of carbonyl (C=O) groups is 3. The SMILES string of the molecule is NC(=O)COCCOCCNCOCCOCCNC(=O)COCCOCCNCCCC(=O)O. The summed E-state index contributed by atoms with van der Waals surface area (Å²) in [6.07, 6.45) is 0.738. The number of nitrogens with two attached hydrogens (primary N) is 1. The van der Waals surface area contributed by atoms with Gasteiger partial charge in [-0.2, -0.15) is 0 Å². The predicted molar refractivity (Wildman–Crippen MR) is 125 cm³/mol. The standard InChI is InChI=1S/C21H42N4O10/c22-19(26)16-33-13-10-31-8-5-24-18-35-15-12-32-9-6-25-20(27)17-34-14-11-30-7-4-23-3-1-2-21(28)29/h23-24H,1-18H2,(H2,22,26)(H,25,27)(H,28,29). The van der Waals surface area contributed by atoms with E-state index in [-0.39, 0.29) is 25.5 Å². The Morgan fingerprint density at radius 2 is 1.17 bits per heavy atom. The maximum absolute atomic E-state index is 11.6. The maximum atomic E-state index is 11.6. The molecule has 0 aliphatic carbocycles. The Bertz CT molecular complexity index is 528. The van der Waals surface area contributed by atoms with Crippen molar-refractivity contribution in [2.24, 2.45) is 5.73 Å². The van der Waals surface area contributed by atoms with Crippen molar-refractivity contribution in [3.05, 3.63) is 0 Å². The third kappa shape index (κ3) is 30.1. The lowest BCUT2D eigenvalue weighted by atomic mass is 10.3. The minimum atomic E-state index is -0.797. The highest BCUT2D eigenvalue weighted by atomic mass is 16.5. The molecule has 0 aliphatic heterocycles. The zero-order valence-corrected chi connectivity index (χ0v) is 20.4. The van der Waals surface area contributed by atoms with Crippen LogP contribution in [0.3, 0.4) is 0 Å². The molecule has 0 heterocycles. The normalized spacial score (nSPS) is 11.0. The molecule has 0 rings (SSSR count). The first-order valence-corrected chi connectivity index (χ1v) is 11.7. The second-order valence-electron chi connectivity index (χ2n) is 7.06. The summed E-state index contributed by atoms with van der Waals surface area (Å²) in [7, 11) is 0. The Morgan fingerprint density at radius 3 is 1.80 bits per heavy atom. The molecule has 0 atom stereocenters. The minimum Gasteiger partial charge on any atom is -0.481 e. The summed E-state index contributed by atoms with van der Waals surface area (Å²) < 4.78 is 31.5. The predicted octanol–water partition coefficient (Wildman–Crippen LogP) is -2.31. The first-order valence-electron chi connectivity index (χ1n) is 11.7. The van der Waals surface area contributed by atoms with E-state index in [9.17, 15) is 14.4 Å². The van der Waals surface area contributed by atoms with Crippen LogP contribution in [-0.2, 0) is 42.8 Å². The number of aliphatic carboxylic acids is 1. The molecule has 0 spiro atoms. The first-order chi connectivity index (χ1) is 17.0. The summed E-state index contributed by atoms with van der Waals surface area (Å²) in [4.78, 5) is 32.4. The van der Waals surface area contributed by atoms with Gasteiger partial charge in [-0.05, 0) is 13.0 Å². The zero-order valence-electron chi connectivity index (χ0n) is 20.4. The second kappa shape index (κ2) is 26.7. The number of amides is 2. The van der Waals surface area contributed by atoms with Crippen LogP contribution in [0.1, 0.15) is 12.8 Å². The second-order valence-corrected chi connectivity index (χ2v) is 7.06. The number of carboxylic acids is 1. The van der Waals surface area contributed by atoms with Crippen LogP contribution in [0.25, 0.3) is 0 Å². The Hall–Kier alpha value is -1.91. The lowest BCUT2D eigenvalue weighted by Gasteiger charge is -2.09. The molecule has 0 saturated carbocycles. The average molecular weight is 511 g/mol. The molecule has 206 valence electrons. The Balaban J connectivity index is 3.17. The number of nitrogens with one attached hydrogen (secondary N) is 3. The number of hydrogen-bond acceptors (Lipinski definition) is 11. The van der Waals surface area contributed by atoms with E-state index in [0.717, 1.165) is 0 Å². The van der Waals surface area contributed by atoms with Crippen LogP contribution in [-0.4, -0.2) is 128 Å². The molecule has 2 amide bonds. The topological polar surface area (TPSA) is 189 Å². The van der Waals surface area contributed by atoms with Crippen molar-refractivity contribution in [1.82, 2.24) is 16.0 Å². The van der Waals surface area contributed by atoms with Gasteiger partial charge in [0.25, 0.3) is 0 Å². The summed E-state index contributed by atoms with van der Waals surface area (Å²) in [5.41, 5.74) is 4.93. The van der Waals surface area contributed by atoms with Gasteiger partial charge in [-0.1, -0.05) is 0 Å². The van der Waals surface area contributed by atoms with Crippen LogP contribution in [0.2, 0.25) is 0 Å². The molecule has 14 heteroatoms. The lowest BCUT2D eigenvalue weighted by Crippen LogP contribution is -2.31. The number of primary amides is 1. The van der Waals surface area contributed by atoms with E-state index in [1.807, 2.05) is 0 Å². The maximum Gasteiger partial charge on any atom is 0.303 e. The highest BCUT2D eigenvalue weighted by Gasteiger charge is 2.01. The van der Waals surface area contributed by atoms with Gasteiger partial charge in [0, 0.05) is 26.1 Å². The van der Waals surface area contributed by atoms with Crippen molar-refractivity contribution in [3.63, 3.8) is 0 Å². The molecule has 14 nitrogen and oxygen atoms in total. The van der Waals surface area contributed by atoms with Crippen molar-refractivity contribution in [3.8, 4) is 0 Å². The van der Waals surface area contributed by atoms with Crippen molar-refractivity contribution < 1.29 is 47.9 Å². The van der Waals surface area contributed by atoms with Crippen molar-refractivity contribution in [1.29, 1.82) is 0 Å². The van der Waals surface area contributed by atoms with Gasteiger partial charge in [0.2, 0.25) is 11.8 Å². The monoisotopic (exact) mass is 510 g/mol. The number of carboxylic acid groups (broad SMARTS) is 1. The fraction of sp³-hybridized carbons (Fsp3) is 0.857. The molecular formula is C21H42N4O10. The van der Waals surface area contributed by atoms with E-state index in [0.29, 0.717) is 98.8 Å². The number of ether oxygens (including phenoxy) is 6. The lowest BCUT2D eigenvalue weighted by molar-refractivity contribution is -0.137. The molecule has 0 aromatic rings. The molecule has 35 heavy (non-hydrogen) atoms. The van der Waals surface area contributed by atoms with Crippen LogP contribution >= 0.6 is 0 Å². The molecule has 0 aromatic heterocycles. The fourth-order valence-corrected chi connectivity index (χ4v) is 2.31. The van der Waals surface area contributed by atoms with Crippen LogP contribution < -0.4 is 21.7 Å². The summed E-state index contributed by atoms with van der Waals surface area (Å²) in [6, 6.07) is 0. The number of rotatable bonds is 28. The third-order valence-corrected chi connectivity index (χ3v) is 3.96. The van der Waals surface area contributed by atoms with Gasteiger partial charge >= 0.3 is 5.97 Å². The summed E-state index contributed by atoms with van der Waals surface area (Å²) in [5.74, 6) is -1.53. The summed E-state index contributed by atoms with van der Waals surface area (Å²) >= 11 is 0. The Kier molecular flexibility index (Phi) is 25.2. The smallest absolute Gasteiger partial charge is 0.303 e. The van der Waals surface area contributed by atoms with E-state index >= 15 is 0 Å². The van der Waals surface area contributed by atoms with Gasteiger partial charge < -0.3 is 49.9 Å². The van der Waals surface area contributed by atoms with Crippen molar-refractivity contribution in [2.45, 2.75) is 12.8 Å². The quantitative estimate of drug-likeness (QED) is 0.0559. The fourth-order valence-electron chi connectivity index (χ4n) is 2.31. The molecule has 0 bridgehead atoms. The molecule has 0 aliphatic rings. The van der Waals surface area contributed by atoms with Gasteiger partial charge in [0.15, 0.2) is 0 Å². The summed E-state index contributed by atoms with van der Waals surface area (Å²) in [5, 5.41) is 17.3. The van der Waals surface area contributed by atoms with Gasteiger partial charge in [-0.15, -0.1) is 0 Å². The van der Waals surface area contributed by atoms with Crippen LogP contribution in [0.4, 0.5) is 0 Å². The highest BCUT2D eigenvalue weighted by molar-refractivity contribution is 5.77. The van der Waals surface area contributed by atoms with Gasteiger partial charge in [0.1, 0.15) is 13.2 Å². The zero-order chi connectivity index (χ0) is 25.8. The van der Waals surface area contributed by atoms with E-state index in [1.165, 1.54) is 0 Å². The van der Waals surface area contributed by atoms with Crippen LogP contribution in [0, 0.1) is 0 Å². The van der Waals surface area contributed by atoms with E-state index in [1.54, 1.807) is 0 Å². The van der Waals surface area contributed by atoms with Gasteiger partial charge in [0.05, 0.1) is 66.2 Å². The average Bonchev–Trinajstić information content (AvgIpc) is 2.81. The molecule has 0 unspecified atom stereocenters. The van der Waals surface area contributed by atoms with Crippen molar-refractivity contribution in [2.75, 3.05) is 106 Å². The van der Waals surface area contributed by atoms with Crippen LogP contribution in [0.15, 0.2) is 0 Å². The Morgan fingerprint density at radius 1 is 0.629 bits per heavy atom. The number of hydrogen-bond donors (Lipinski definition) is 5.